The molecule has 0 bridgehead atoms. The Morgan fingerprint density at radius 3 is 2.31 bits per heavy atom. The van der Waals surface area contributed by atoms with Gasteiger partial charge in [-0.15, -0.1) is 0 Å². The maximum Gasteiger partial charge on any atom is 0.498 e. The van der Waals surface area contributed by atoms with Gasteiger partial charge in [-0.1, -0.05) is 12.1 Å². The number of rotatable bonds is 3. The minimum atomic E-state index is -4.37. The molecule has 0 N–H and O–H groups in total. The minimum Gasteiger partial charge on any atom is -0.399 e. The molecule has 0 radical (unpaired) electrons. The van der Waals surface area contributed by atoms with Crippen LogP contribution in [0.3, 0.4) is 0 Å². The van der Waals surface area contributed by atoms with Crippen molar-refractivity contribution in [2.45, 2.75) is 58.0 Å². The number of alkyl halides is 3. The minimum absolute atomic E-state index is 0.353. The number of hydrogen-bond acceptors (Lipinski definition) is 3. The van der Waals surface area contributed by atoms with Crippen molar-refractivity contribution >= 4 is 12.6 Å². The summed E-state index contributed by atoms with van der Waals surface area (Å²) in [4.78, 5) is 0. The van der Waals surface area contributed by atoms with Gasteiger partial charge in [-0.25, -0.2) is 0 Å². The molecule has 1 fully saturated rings. The van der Waals surface area contributed by atoms with Crippen LogP contribution in [0.15, 0.2) is 36.7 Å². The first-order chi connectivity index (χ1) is 11.9. The summed E-state index contributed by atoms with van der Waals surface area (Å²) < 4.78 is 52.4. The average Bonchev–Trinajstić information content (AvgIpc) is 3.09. The Bertz CT molecular complexity index is 786. The third-order valence-electron chi connectivity index (χ3n) is 5.24. The quantitative estimate of drug-likeness (QED) is 0.776. The van der Waals surface area contributed by atoms with Crippen molar-refractivity contribution in [2.24, 2.45) is 0 Å². The molecule has 1 atom stereocenters. The summed E-state index contributed by atoms with van der Waals surface area (Å²) in [5, 5.41) is 4.30. The van der Waals surface area contributed by atoms with Gasteiger partial charge in [0, 0.05) is 17.9 Å². The molecule has 4 nitrogen and oxygen atoms in total. The number of nitrogens with zero attached hydrogens (tertiary/aromatic N) is 2. The number of benzene rings is 1. The number of halogens is 3. The first kappa shape index (κ1) is 19.0. The summed E-state index contributed by atoms with van der Waals surface area (Å²) in [5.74, 6) is 0. The van der Waals surface area contributed by atoms with E-state index >= 15 is 0 Å². The molecule has 0 spiro atoms. The molecule has 140 valence electrons. The largest absolute Gasteiger partial charge is 0.498 e. The first-order valence-corrected chi connectivity index (χ1v) is 8.47. The van der Waals surface area contributed by atoms with E-state index < -0.39 is 30.1 Å². The lowest BCUT2D eigenvalue weighted by Crippen LogP contribution is -2.41. The molecular formula is C18H22BF3N2O2. The van der Waals surface area contributed by atoms with Crippen molar-refractivity contribution in [3.63, 3.8) is 0 Å². The van der Waals surface area contributed by atoms with Gasteiger partial charge in [0.05, 0.1) is 22.8 Å². The Hall–Kier alpha value is -1.80. The van der Waals surface area contributed by atoms with Gasteiger partial charge >= 0.3 is 13.3 Å². The smallest absolute Gasteiger partial charge is 0.399 e. The fraction of sp³-hybridized carbons (Fsp3) is 0.500. The van der Waals surface area contributed by atoms with Crippen molar-refractivity contribution in [1.29, 1.82) is 0 Å². The van der Waals surface area contributed by atoms with E-state index in [9.17, 15) is 13.2 Å². The van der Waals surface area contributed by atoms with E-state index in [2.05, 4.69) is 5.10 Å². The van der Waals surface area contributed by atoms with E-state index in [0.717, 1.165) is 17.6 Å². The second kappa shape index (κ2) is 6.13. The highest BCUT2D eigenvalue weighted by atomic mass is 19.4. The van der Waals surface area contributed by atoms with Gasteiger partial charge in [0.15, 0.2) is 0 Å². The molecule has 1 aliphatic heterocycles. The van der Waals surface area contributed by atoms with Crippen LogP contribution in [0.1, 0.15) is 51.8 Å². The molecule has 1 aromatic carbocycles. The van der Waals surface area contributed by atoms with Gasteiger partial charge in [-0.2, -0.15) is 18.3 Å². The predicted octanol–water partition coefficient (Wildman–Crippen LogP) is 3.81. The van der Waals surface area contributed by atoms with Crippen LogP contribution in [0.25, 0.3) is 0 Å². The normalized spacial score (nSPS) is 20.4. The predicted molar refractivity (Wildman–Crippen MR) is 93.2 cm³/mol. The van der Waals surface area contributed by atoms with Crippen molar-refractivity contribution in [1.82, 2.24) is 9.78 Å². The van der Waals surface area contributed by atoms with Crippen molar-refractivity contribution in [3.05, 3.63) is 47.8 Å². The monoisotopic (exact) mass is 366 g/mol. The van der Waals surface area contributed by atoms with Crippen molar-refractivity contribution < 1.29 is 22.5 Å². The highest BCUT2D eigenvalue weighted by molar-refractivity contribution is 6.62. The molecule has 3 rings (SSSR count). The Labute approximate surface area is 151 Å². The van der Waals surface area contributed by atoms with Crippen LogP contribution in [-0.2, 0) is 15.5 Å². The average molecular weight is 366 g/mol. The summed E-state index contributed by atoms with van der Waals surface area (Å²) in [6.07, 6.45) is -0.979. The second-order valence-corrected chi connectivity index (χ2v) is 7.64. The Kier molecular flexibility index (Phi) is 4.47. The van der Waals surface area contributed by atoms with Crippen molar-refractivity contribution in [3.8, 4) is 0 Å². The van der Waals surface area contributed by atoms with E-state index in [1.54, 1.807) is 30.1 Å². The Balaban J connectivity index is 1.83. The topological polar surface area (TPSA) is 36.3 Å². The standard InChI is InChI=1S/C18H22BF3N2O2/c1-12(13-7-6-8-14(9-13)18(20,21)22)24-11-15(10-23-24)19-25-16(2,3)17(4,5)26-19/h6-12H,1-5H3. The number of aromatic nitrogens is 2. The van der Waals surface area contributed by atoms with Crippen LogP contribution >= 0.6 is 0 Å². The zero-order valence-electron chi connectivity index (χ0n) is 15.5. The molecule has 1 unspecified atom stereocenters. The van der Waals surface area contributed by atoms with Crippen LogP contribution in [0.2, 0.25) is 0 Å². The van der Waals surface area contributed by atoms with E-state index in [4.69, 9.17) is 9.31 Å². The SMILES string of the molecule is CC(c1cccc(C(F)(F)F)c1)n1cc(B2OC(C)(C)C(C)(C)O2)cn1. The number of hydrogen-bond donors (Lipinski definition) is 0. The van der Waals surface area contributed by atoms with Crippen molar-refractivity contribution in [2.75, 3.05) is 0 Å². The molecule has 2 heterocycles. The third kappa shape index (κ3) is 3.40. The summed E-state index contributed by atoms with van der Waals surface area (Å²) in [7, 11) is -0.553. The molecule has 1 aliphatic rings. The summed E-state index contributed by atoms with van der Waals surface area (Å²) in [6.45, 7) is 9.65. The molecule has 0 amide bonds. The van der Waals surface area contributed by atoms with Gasteiger partial charge in [0.1, 0.15) is 0 Å². The maximum atomic E-state index is 12.9. The molecule has 1 saturated heterocycles. The van der Waals surface area contributed by atoms with E-state index in [1.807, 2.05) is 27.7 Å². The van der Waals surface area contributed by atoms with E-state index in [0.29, 0.717) is 5.56 Å². The third-order valence-corrected chi connectivity index (χ3v) is 5.24. The van der Waals surface area contributed by atoms with Crippen LogP contribution in [0.5, 0.6) is 0 Å². The van der Waals surface area contributed by atoms with Crippen LogP contribution in [0, 0.1) is 0 Å². The summed E-state index contributed by atoms with van der Waals surface area (Å²) in [5.41, 5.74) is -0.329. The summed E-state index contributed by atoms with van der Waals surface area (Å²) in [6, 6.07) is 4.94. The van der Waals surface area contributed by atoms with Gasteiger partial charge in [-0.05, 0) is 52.3 Å². The Morgan fingerprint density at radius 1 is 1.12 bits per heavy atom. The first-order valence-electron chi connectivity index (χ1n) is 8.47. The Morgan fingerprint density at radius 2 is 1.73 bits per heavy atom. The molecule has 0 aliphatic carbocycles. The molecular weight excluding hydrogens is 344 g/mol. The zero-order chi connectivity index (χ0) is 19.3. The van der Waals surface area contributed by atoms with Gasteiger partial charge in [0.25, 0.3) is 0 Å². The van der Waals surface area contributed by atoms with Crippen LogP contribution in [-0.4, -0.2) is 28.1 Å². The van der Waals surface area contributed by atoms with Crippen LogP contribution in [0.4, 0.5) is 13.2 Å². The van der Waals surface area contributed by atoms with Gasteiger partial charge in [0.2, 0.25) is 0 Å². The summed E-state index contributed by atoms with van der Waals surface area (Å²) >= 11 is 0. The van der Waals surface area contributed by atoms with Gasteiger partial charge in [-0.3, -0.25) is 4.68 Å². The molecule has 26 heavy (non-hydrogen) atoms. The molecule has 2 aromatic rings. The maximum absolute atomic E-state index is 12.9. The highest BCUT2D eigenvalue weighted by Crippen LogP contribution is 2.36. The lowest BCUT2D eigenvalue weighted by Gasteiger charge is -2.32. The van der Waals surface area contributed by atoms with Gasteiger partial charge < -0.3 is 9.31 Å². The highest BCUT2D eigenvalue weighted by Gasteiger charge is 2.52. The zero-order valence-corrected chi connectivity index (χ0v) is 15.5. The molecule has 8 heteroatoms. The molecule has 1 aromatic heterocycles. The lowest BCUT2D eigenvalue weighted by molar-refractivity contribution is -0.137. The lowest BCUT2D eigenvalue weighted by atomic mass is 9.82. The fourth-order valence-corrected chi connectivity index (χ4v) is 2.79. The fourth-order valence-electron chi connectivity index (χ4n) is 2.79. The van der Waals surface area contributed by atoms with Crippen LogP contribution < -0.4 is 5.46 Å². The second-order valence-electron chi connectivity index (χ2n) is 7.64. The molecule has 0 saturated carbocycles. The van der Waals surface area contributed by atoms with E-state index in [-0.39, 0.29) is 6.04 Å². The van der Waals surface area contributed by atoms with E-state index in [1.165, 1.54) is 6.07 Å².